The Morgan fingerprint density at radius 3 is 2.39 bits per heavy atom. The number of nitrogens with zero attached hydrogens (tertiary/aromatic N) is 2. The van der Waals surface area contributed by atoms with E-state index in [-0.39, 0.29) is 0 Å². The molecule has 0 saturated heterocycles. The Morgan fingerprint density at radius 1 is 1.11 bits per heavy atom. The van der Waals surface area contributed by atoms with Crippen molar-refractivity contribution < 1.29 is 0 Å². The summed E-state index contributed by atoms with van der Waals surface area (Å²) in [6.45, 7) is 5.89. The molecule has 1 heterocycles. The zero-order chi connectivity index (χ0) is 19.8. The molecule has 0 unspecified atom stereocenters. The van der Waals surface area contributed by atoms with Gasteiger partial charge in [-0.25, -0.2) is 4.68 Å². The van der Waals surface area contributed by atoms with E-state index < -0.39 is 0 Å². The Hall–Kier alpha value is -2.23. The quantitative estimate of drug-likeness (QED) is 0.516. The van der Waals surface area contributed by atoms with Gasteiger partial charge in [-0.3, -0.25) is 0 Å². The average molecular weight is 412 g/mol. The van der Waals surface area contributed by atoms with Gasteiger partial charge in [0.05, 0.1) is 22.1 Å². The fraction of sp³-hybridized carbons (Fsp3) is 0.261. The first-order valence-electron chi connectivity index (χ1n) is 9.56. The summed E-state index contributed by atoms with van der Waals surface area (Å²) < 4.78 is 1.84. The number of halogens is 2. The van der Waals surface area contributed by atoms with Gasteiger partial charge in [0.1, 0.15) is 5.69 Å². The first-order valence-corrected chi connectivity index (χ1v) is 10.3. The molecule has 0 amide bonds. The maximum Gasteiger partial charge on any atom is 0.111 e. The van der Waals surface area contributed by atoms with Crippen molar-refractivity contribution in [3.05, 3.63) is 75.9 Å². The van der Waals surface area contributed by atoms with E-state index in [1.54, 1.807) is 6.07 Å². The van der Waals surface area contributed by atoms with Gasteiger partial charge in [-0.1, -0.05) is 66.9 Å². The highest BCUT2D eigenvalue weighted by molar-refractivity contribution is 6.35. The van der Waals surface area contributed by atoms with Crippen molar-refractivity contribution >= 4 is 28.9 Å². The van der Waals surface area contributed by atoms with Crippen molar-refractivity contribution in [2.75, 3.05) is 0 Å². The van der Waals surface area contributed by atoms with Gasteiger partial charge in [0.15, 0.2) is 0 Å². The van der Waals surface area contributed by atoms with Crippen LogP contribution in [0.4, 0.5) is 0 Å². The summed E-state index contributed by atoms with van der Waals surface area (Å²) in [6.07, 6.45) is 5.23. The Labute approximate surface area is 175 Å². The molecule has 4 rings (SSSR count). The van der Waals surface area contributed by atoms with Crippen molar-refractivity contribution in [2.24, 2.45) is 5.73 Å². The van der Waals surface area contributed by atoms with E-state index in [0.717, 1.165) is 22.5 Å². The number of hydrogen-bond donors (Lipinski definition) is 1. The minimum absolute atomic E-state index is 0.435. The van der Waals surface area contributed by atoms with Gasteiger partial charge in [0.2, 0.25) is 0 Å². The van der Waals surface area contributed by atoms with E-state index in [2.05, 4.69) is 30.8 Å². The molecule has 0 radical (unpaired) electrons. The molecule has 1 fully saturated rings. The zero-order valence-corrected chi connectivity index (χ0v) is 17.4. The van der Waals surface area contributed by atoms with Gasteiger partial charge in [-0.15, -0.1) is 0 Å². The van der Waals surface area contributed by atoms with Crippen LogP contribution in [0, 0.1) is 6.92 Å². The third-order valence-corrected chi connectivity index (χ3v) is 6.11. The lowest BCUT2D eigenvalue weighted by Crippen LogP contribution is -2.02. The lowest BCUT2D eigenvalue weighted by Gasteiger charge is -2.13. The monoisotopic (exact) mass is 411 g/mol. The van der Waals surface area contributed by atoms with Crippen LogP contribution in [0.2, 0.25) is 10.0 Å². The first-order chi connectivity index (χ1) is 13.5. The van der Waals surface area contributed by atoms with Crippen molar-refractivity contribution in [1.82, 2.24) is 9.78 Å². The fourth-order valence-corrected chi connectivity index (χ4v) is 4.63. The minimum atomic E-state index is 0.435. The third-order valence-electron chi connectivity index (χ3n) is 5.57. The molecule has 5 heteroatoms. The number of aromatic nitrogens is 2. The van der Waals surface area contributed by atoms with Crippen LogP contribution in [-0.4, -0.2) is 9.78 Å². The predicted octanol–water partition coefficient (Wildman–Crippen LogP) is 6.74. The predicted molar refractivity (Wildman–Crippen MR) is 118 cm³/mol. The van der Waals surface area contributed by atoms with Crippen LogP contribution in [0.25, 0.3) is 22.6 Å². The fourth-order valence-electron chi connectivity index (χ4n) is 4.14. The molecule has 28 heavy (non-hydrogen) atoms. The van der Waals surface area contributed by atoms with Gasteiger partial charge in [-0.2, -0.15) is 5.10 Å². The largest absolute Gasteiger partial charge is 0.397 e. The third kappa shape index (κ3) is 3.45. The van der Waals surface area contributed by atoms with Crippen LogP contribution in [0.3, 0.4) is 0 Å². The standard InChI is InChI=1S/C23H23Cl2N3/c1-14-22(15(2)26)27-28(21-12-11-19(24)13-20(21)25)23(14)18-9-7-17(8-10-18)16-5-3-4-6-16/h7-13,16H,2-6,26H2,1H3. The van der Waals surface area contributed by atoms with Crippen molar-refractivity contribution in [1.29, 1.82) is 0 Å². The number of rotatable bonds is 4. The van der Waals surface area contributed by atoms with Crippen LogP contribution in [0.5, 0.6) is 0 Å². The summed E-state index contributed by atoms with van der Waals surface area (Å²) in [5.74, 6) is 0.685. The van der Waals surface area contributed by atoms with E-state index in [1.165, 1.54) is 31.2 Å². The van der Waals surface area contributed by atoms with Crippen molar-refractivity contribution in [2.45, 2.75) is 38.5 Å². The van der Waals surface area contributed by atoms with Gasteiger partial charge in [0.25, 0.3) is 0 Å². The summed E-state index contributed by atoms with van der Waals surface area (Å²) in [5, 5.41) is 5.83. The SMILES string of the molecule is C=C(N)c1nn(-c2ccc(Cl)cc2Cl)c(-c2ccc(C3CCCC3)cc2)c1C. The second-order valence-corrected chi connectivity index (χ2v) is 8.30. The first kappa shape index (κ1) is 19.1. The van der Waals surface area contributed by atoms with E-state index in [9.17, 15) is 0 Å². The van der Waals surface area contributed by atoms with E-state index >= 15 is 0 Å². The Kier molecular flexibility index (Phi) is 5.22. The lowest BCUT2D eigenvalue weighted by atomic mass is 9.95. The topological polar surface area (TPSA) is 43.8 Å². The van der Waals surface area contributed by atoms with Crippen molar-refractivity contribution in [3.63, 3.8) is 0 Å². The van der Waals surface area contributed by atoms with Gasteiger partial charge >= 0.3 is 0 Å². The molecular formula is C23H23Cl2N3. The molecule has 3 aromatic rings. The lowest BCUT2D eigenvalue weighted by molar-refractivity contribution is 0.723. The van der Waals surface area contributed by atoms with Gasteiger partial charge in [0, 0.05) is 16.1 Å². The summed E-state index contributed by atoms with van der Waals surface area (Å²) in [7, 11) is 0. The van der Waals surface area contributed by atoms with Crippen LogP contribution in [-0.2, 0) is 0 Å². The summed E-state index contributed by atoms with van der Waals surface area (Å²) in [5.41, 5.74) is 12.3. The Bertz CT molecular complexity index is 1030. The average Bonchev–Trinajstić information content (AvgIpc) is 3.30. The van der Waals surface area contributed by atoms with E-state index in [1.807, 2.05) is 23.7 Å². The maximum absolute atomic E-state index is 6.48. The van der Waals surface area contributed by atoms with Gasteiger partial charge < -0.3 is 5.73 Å². The normalized spacial score (nSPS) is 14.5. The highest BCUT2D eigenvalue weighted by Gasteiger charge is 2.21. The number of hydrogen-bond acceptors (Lipinski definition) is 2. The number of nitrogens with two attached hydrogens (primary N) is 1. The van der Waals surface area contributed by atoms with Crippen LogP contribution < -0.4 is 5.73 Å². The molecule has 2 N–H and O–H groups in total. The number of benzene rings is 2. The van der Waals surface area contributed by atoms with Gasteiger partial charge in [-0.05, 0) is 49.4 Å². The maximum atomic E-state index is 6.48. The van der Waals surface area contributed by atoms with E-state index in [4.69, 9.17) is 34.0 Å². The molecule has 1 aliphatic rings. The molecule has 3 nitrogen and oxygen atoms in total. The second-order valence-electron chi connectivity index (χ2n) is 7.46. The van der Waals surface area contributed by atoms with Crippen LogP contribution in [0.1, 0.15) is 48.4 Å². The second kappa shape index (κ2) is 7.65. The molecule has 0 bridgehead atoms. The molecule has 0 spiro atoms. The molecule has 0 aliphatic heterocycles. The summed E-state index contributed by atoms with van der Waals surface area (Å²) in [6, 6.07) is 14.2. The van der Waals surface area contributed by atoms with Crippen LogP contribution >= 0.6 is 23.2 Å². The molecule has 144 valence electrons. The molecular weight excluding hydrogens is 389 g/mol. The van der Waals surface area contributed by atoms with Crippen LogP contribution in [0.15, 0.2) is 49.0 Å². The minimum Gasteiger partial charge on any atom is -0.397 e. The molecule has 0 atom stereocenters. The molecule has 1 aliphatic carbocycles. The Balaban J connectivity index is 1.84. The summed E-state index contributed by atoms with van der Waals surface area (Å²) in [4.78, 5) is 0. The molecule has 1 saturated carbocycles. The summed E-state index contributed by atoms with van der Waals surface area (Å²) >= 11 is 12.6. The highest BCUT2D eigenvalue weighted by atomic mass is 35.5. The Morgan fingerprint density at radius 2 is 1.79 bits per heavy atom. The van der Waals surface area contributed by atoms with E-state index in [0.29, 0.717) is 27.4 Å². The zero-order valence-electron chi connectivity index (χ0n) is 15.9. The molecule has 1 aromatic heterocycles. The molecule has 2 aromatic carbocycles. The van der Waals surface area contributed by atoms with Crippen molar-refractivity contribution in [3.8, 4) is 16.9 Å². The highest BCUT2D eigenvalue weighted by Crippen LogP contribution is 2.37. The smallest absolute Gasteiger partial charge is 0.111 e.